The zero-order valence-electron chi connectivity index (χ0n) is 78.9. The maximum absolute atomic E-state index is 14.1. The molecule has 5 aliphatic rings. The van der Waals surface area contributed by atoms with Gasteiger partial charge in [-0.1, -0.05) is 83.3 Å². The third-order valence-corrected chi connectivity index (χ3v) is 28.4. The number of benzene rings is 8. The number of pyridine rings is 3. The fourth-order valence-corrected chi connectivity index (χ4v) is 20.0. The van der Waals surface area contributed by atoms with Crippen LogP contribution in [0.2, 0.25) is 0 Å². The zero-order valence-corrected chi connectivity index (χ0v) is 81.3. The summed E-state index contributed by atoms with van der Waals surface area (Å²) in [6.45, 7) is 22.5. The Balaban J connectivity index is 0.000000128. The van der Waals surface area contributed by atoms with Crippen molar-refractivity contribution in [1.29, 1.82) is 0 Å². The van der Waals surface area contributed by atoms with Crippen LogP contribution in [0, 0.1) is 37.1 Å². The van der Waals surface area contributed by atoms with Gasteiger partial charge in [-0.05, 0) is 232 Å². The summed E-state index contributed by atoms with van der Waals surface area (Å²) in [5.41, 5.74) is 46.1. The number of carbonyl (C=O) groups is 5. The molecule has 20 rings (SSSR count). The van der Waals surface area contributed by atoms with E-state index in [0.29, 0.717) is 88.5 Å². The number of nitrogens with two attached hydrogens (primary N) is 5. The monoisotopic (exact) mass is 1970 g/mol. The summed E-state index contributed by atoms with van der Waals surface area (Å²) >= 11 is 4.66. The number of hydrogen-bond acceptors (Lipinski definition) is 29. The van der Waals surface area contributed by atoms with Crippen molar-refractivity contribution >= 4 is 119 Å². The molecule has 12 heterocycles. The highest BCUT2D eigenvalue weighted by atomic mass is 32.1. The minimum Gasteiger partial charge on any atom is -0.464 e. The van der Waals surface area contributed by atoms with Crippen LogP contribution in [0.3, 0.4) is 0 Å². The molecule has 7 aromatic heterocycles. The molecule has 15 aromatic rings. The van der Waals surface area contributed by atoms with Crippen LogP contribution in [0.5, 0.6) is 0 Å². The first-order valence-electron chi connectivity index (χ1n) is 47.2. The molecule has 5 aliphatic heterocycles. The van der Waals surface area contributed by atoms with Crippen LogP contribution in [0.1, 0.15) is 89.9 Å². The Hall–Kier alpha value is -14.7. The Kier molecular flexibility index (Phi) is 33.9. The molecule has 0 radical (unpaired) electrons. The second kappa shape index (κ2) is 48.0. The third-order valence-electron chi connectivity index (χ3n) is 25.0. The maximum Gasteiger partial charge on any atom is 0.195 e. The zero-order chi connectivity index (χ0) is 99.1. The van der Waals surface area contributed by atoms with Crippen molar-refractivity contribution in [2.75, 3.05) is 184 Å². The Morgan fingerprint density at radius 2 is 0.697 bits per heavy atom. The maximum atomic E-state index is 14.1. The van der Waals surface area contributed by atoms with E-state index in [-0.39, 0.29) is 72.7 Å². The number of thiazole rings is 2. The predicted octanol–water partition coefficient (Wildman–Crippen LogP) is 16.8. The summed E-state index contributed by atoms with van der Waals surface area (Å²) in [7, 11) is 0. The lowest BCUT2D eigenvalue weighted by atomic mass is 9.97. The summed E-state index contributed by atoms with van der Waals surface area (Å²) in [5.74, 6) is 1.24. The summed E-state index contributed by atoms with van der Waals surface area (Å²) in [6, 6.07) is 62.4. The second-order valence-corrected chi connectivity index (χ2v) is 37.8. The van der Waals surface area contributed by atoms with E-state index in [4.69, 9.17) is 33.1 Å². The van der Waals surface area contributed by atoms with Gasteiger partial charge in [0.25, 0.3) is 0 Å². The number of furan rings is 1. The van der Waals surface area contributed by atoms with Crippen molar-refractivity contribution in [1.82, 2.24) is 51.5 Å². The number of hydrogen-bond donors (Lipinski definition) is 10. The number of Topliss-reactive ketones (excluding diaryl/α,β-unsaturated/α-hetero) is 5. The molecule has 0 spiro atoms. The Morgan fingerprint density at radius 1 is 0.338 bits per heavy atom. The van der Waals surface area contributed by atoms with Crippen molar-refractivity contribution in [3.63, 3.8) is 0 Å². The van der Waals surface area contributed by atoms with Crippen LogP contribution in [-0.4, -0.2) is 185 Å². The van der Waals surface area contributed by atoms with Gasteiger partial charge in [0.2, 0.25) is 0 Å². The van der Waals surface area contributed by atoms with E-state index in [0.717, 1.165) is 221 Å². The van der Waals surface area contributed by atoms with Gasteiger partial charge >= 0.3 is 0 Å². The third kappa shape index (κ3) is 26.3. The summed E-state index contributed by atoms with van der Waals surface area (Å²) < 4.78 is 60.2. The van der Waals surface area contributed by atoms with Crippen LogP contribution >= 0.6 is 34.0 Å². The molecule has 5 fully saturated rings. The van der Waals surface area contributed by atoms with Crippen molar-refractivity contribution < 1.29 is 46.0 Å². The van der Waals surface area contributed by atoms with Crippen LogP contribution in [0.25, 0.3) is 55.1 Å². The number of rotatable bonds is 25. The largest absolute Gasteiger partial charge is 0.464 e. The number of nitrogen functional groups attached to an aromatic ring is 5. The Bertz CT molecular complexity index is 6710. The highest BCUT2D eigenvalue weighted by Gasteiger charge is 2.27. The summed E-state index contributed by atoms with van der Waals surface area (Å²) in [4.78, 5) is 98.8. The Morgan fingerprint density at radius 3 is 1.08 bits per heavy atom. The van der Waals surface area contributed by atoms with Crippen LogP contribution in [0.15, 0.2) is 253 Å². The number of nitrogens with zero attached hydrogens (tertiary/aromatic N) is 10. The molecule has 0 unspecified atom stereocenters. The molecule has 0 amide bonds. The summed E-state index contributed by atoms with van der Waals surface area (Å²) in [6.07, 6.45) is 7.36. The average molecular weight is 1970 g/mol. The number of aromatic nitrogens is 5. The van der Waals surface area contributed by atoms with E-state index in [2.05, 4.69) is 82.1 Å². The number of aryl methyl sites for hydroxylation is 2. The highest BCUT2D eigenvalue weighted by molar-refractivity contribution is 7.18. The Labute approximate surface area is 833 Å². The predicted molar refractivity (Wildman–Crippen MR) is 563 cm³/mol. The normalized spacial score (nSPS) is 14.2. The van der Waals surface area contributed by atoms with Gasteiger partial charge < -0.3 is 84.2 Å². The number of anilines is 10. The molecule has 0 atom stereocenters. The van der Waals surface area contributed by atoms with E-state index >= 15 is 0 Å². The first-order valence-corrected chi connectivity index (χ1v) is 49.7. The van der Waals surface area contributed by atoms with Gasteiger partial charge in [0, 0.05) is 249 Å². The van der Waals surface area contributed by atoms with E-state index in [9.17, 15) is 41.5 Å². The molecular formula is C109H112F4N20O6S3. The van der Waals surface area contributed by atoms with Gasteiger partial charge in [0.05, 0.1) is 17.7 Å². The number of ketones is 5. The van der Waals surface area contributed by atoms with Gasteiger partial charge in [-0.15, -0.1) is 11.3 Å². The molecule has 8 aromatic carbocycles. The SMILES string of the molecule is Cc1nc(C(=O)Cc2cc(-c3ccco3)ccc2N)sc1N1CCNCC1.Cc1nc(C(=O)Cc2cc(-c3cccs3)ccc2N)sc1N1CCNCC1.Nc1ccc(-c2cc(F)cc(F)c2)cc1CC(=O)c1ccc(N2CCNCC2)nc1.Nc1ccc(-c2cccc(F)c2)cc1CC(=O)c1ccc(N2CCNCC2)nc1.Nc1ccc(-c2ccccc2F)cc1CC(=O)c1ccc(N2CCNCC2)nc1. The van der Waals surface area contributed by atoms with Gasteiger partial charge in [0.15, 0.2) is 38.9 Å². The van der Waals surface area contributed by atoms with E-state index in [1.54, 1.807) is 109 Å². The molecule has 142 heavy (non-hydrogen) atoms. The van der Waals surface area contributed by atoms with Crippen molar-refractivity contribution in [3.05, 3.63) is 338 Å². The highest BCUT2D eigenvalue weighted by Crippen LogP contribution is 2.37. The van der Waals surface area contributed by atoms with E-state index in [1.165, 1.54) is 57.9 Å². The minimum absolute atomic E-state index is 0.00669. The first-order chi connectivity index (χ1) is 68.9. The fourth-order valence-electron chi connectivity index (χ4n) is 17.2. The van der Waals surface area contributed by atoms with Gasteiger partial charge in [-0.3, -0.25) is 24.0 Å². The smallest absolute Gasteiger partial charge is 0.195 e. The van der Waals surface area contributed by atoms with Gasteiger partial charge in [-0.2, -0.15) is 0 Å². The number of halogens is 4. The van der Waals surface area contributed by atoms with Crippen LogP contribution in [-0.2, 0) is 32.1 Å². The van der Waals surface area contributed by atoms with E-state index < -0.39 is 11.6 Å². The number of carbonyl (C=O) groups excluding carboxylic acids is 5. The molecule has 5 saturated heterocycles. The minimum atomic E-state index is -0.657. The van der Waals surface area contributed by atoms with Crippen molar-refractivity contribution in [2.45, 2.75) is 46.0 Å². The number of nitrogens with one attached hydrogen (secondary N) is 5. The van der Waals surface area contributed by atoms with Crippen LogP contribution < -0.4 is 79.8 Å². The van der Waals surface area contributed by atoms with E-state index in [1.807, 2.05) is 122 Å². The second-order valence-electron chi connectivity index (χ2n) is 34.9. The summed E-state index contributed by atoms with van der Waals surface area (Å²) in [5, 5.41) is 22.0. The lowest BCUT2D eigenvalue weighted by molar-refractivity contribution is 0.0984. The fraction of sp³-hybridized carbons (Fsp3) is 0.248. The van der Waals surface area contributed by atoms with Crippen molar-refractivity contribution in [3.8, 4) is 55.1 Å². The number of thiophene rings is 1. The molecular weight excluding hydrogens is 1860 g/mol. The molecule has 730 valence electrons. The molecule has 0 saturated carbocycles. The lowest BCUT2D eigenvalue weighted by Gasteiger charge is -2.28. The van der Waals surface area contributed by atoms with Gasteiger partial charge in [-0.25, -0.2) is 42.5 Å². The molecule has 0 bridgehead atoms. The molecule has 26 nitrogen and oxygen atoms in total. The first kappa shape index (κ1) is 100. The standard InChI is InChI=1S/C23H22F2N4O.2C23H23FN4O.C20H22N4O2S.C20H22N4OS2/c24-19-10-17(11-20(25)13-19)15-1-3-21(26)18(9-15)12-22(30)16-2-4-23(28-14-16)29-7-5-27-6-8-29;24-20-3-1-2-16(13-20)17-4-6-21(25)19(12-17)14-22(29)18-5-7-23(27-15-18)28-10-8-26-9-11-28;24-20-4-2-1-3-19(20)16-5-7-21(25)18(13-16)14-22(29)17-6-8-23(27-15-17)28-11-9-26-10-12-28;2*1-13-20(24-8-6-22-7-9-24)27-19(23-13)17(25)12-15-11-14(4-5-16(15)21)18-3-2-10-26-18/h1-4,9-11,13-14,27H,5-8,12,26H2;1-7,12-13,15,26H,8-11,14,25H2;1-8,13,15,26H,9-12,14,25H2;2*2-5,10-11,22H,6-9,12,21H2,1H3. The topological polar surface area (TPSA) is 369 Å². The quantitative estimate of drug-likeness (QED) is 0.0144. The molecule has 0 aliphatic carbocycles. The lowest BCUT2D eigenvalue weighted by Crippen LogP contribution is -2.43. The average Bonchev–Trinajstić information content (AvgIpc) is 1.79. The molecule has 33 heteroatoms. The van der Waals surface area contributed by atoms with Gasteiger partial charge in [0.1, 0.15) is 56.5 Å². The number of piperazine rings is 5. The van der Waals surface area contributed by atoms with Crippen molar-refractivity contribution in [2.24, 2.45) is 0 Å². The van der Waals surface area contributed by atoms with Crippen LogP contribution in [0.4, 0.5) is 73.5 Å². The molecule has 15 N–H and O–H groups in total.